The number of nitrogens with zero attached hydrogens (tertiary/aromatic N) is 3. The first kappa shape index (κ1) is 36.3. The van der Waals surface area contributed by atoms with Crippen LogP contribution in [-0.4, -0.2) is 72.5 Å². The molecule has 2 saturated heterocycles. The number of carbonyl (C=O) groups excluding carboxylic acids is 2. The van der Waals surface area contributed by atoms with Gasteiger partial charge in [0, 0.05) is 69.5 Å². The van der Waals surface area contributed by atoms with Crippen molar-refractivity contribution in [2.75, 3.05) is 44.2 Å². The lowest BCUT2D eigenvalue weighted by molar-refractivity contribution is -0.146. The molecular weight excluding hydrogens is 645 g/mol. The molecule has 3 aromatic carbocycles. The molecular formula is C45H58N4O3. The van der Waals surface area contributed by atoms with Gasteiger partial charge in [0.1, 0.15) is 5.75 Å². The number of benzene rings is 3. The molecule has 2 heterocycles. The fourth-order valence-corrected chi connectivity index (χ4v) is 8.54. The molecule has 3 aromatic rings. The molecule has 7 rings (SSSR count). The number of rotatable bonds is 11. The number of anilines is 1. The summed E-state index contributed by atoms with van der Waals surface area (Å²) in [5.74, 6) is 2.56. The molecule has 3 fully saturated rings. The maximum absolute atomic E-state index is 14.6. The molecule has 0 radical (unpaired) electrons. The molecule has 2 amide bonds. The van der Waals surface area contributed by atoms with Gasteiger partial charge in [-0.1, -0.05) is 80.6 Å². The van der Waals surface area contributed by atoms with Gasteiger partial charge in [-0.2, -0.15) is 0 Å². The van der Waals surface area contributed by atoms with Crippen LogP contribution >= 0.6 is 0 Å². The third-order valence-electron chi connectivity index (χ3n) is 11.9. The molecule has 7 heteroatoms. The SMILES string of the molecule is CC(C)C1CC=C(c2ccc(CN(C(=O)C3CC(c4ccccc4)CN(c4cccc(OC(C)(C)C(=O)N5CCNCC5)c4)C3)C3CC3)cc2)CC1. The van der Waals surface area contributed by atoms with Gasteiger partial charge in [0.05, 0.1) is 5.92 Å². The maximum Gasteiger partial charge on any atom is 0.266 e. The summed E-state index contributed by atoms with van der Waals surface area (Å²) in [6.07, 6.45) is 9.03. The Kier molecular flexibility index (Phi) is 11.1. The van der Waals surface area contributed by atoms with E-state index in [9.17, 15) is 9.59 Å². The molecule has 1 N–H and O–H groups in total. The summed E-state index contributed by atoms with van der Waals surface area (Å²) < 4.78 is 6.42. The van der Waals surface area contributed by atoms with Crippen molar-refractivity contribution in [1.82, 2.24) is 15.1 Å². The minimum atomic E-state index is -0.990. The van der Waals surface area contributed by atoms with Gasteiger partial charge in [-0.25, -0.2) is 0 Å². The van der Waals surface area contributed by atoms with Crippen molar-refractivity contribution >= 4 is 23.1 Å². The Morgan fingerprint density at radius 3 is 2.35 bits per heavy atom. The lowest BCUT2D eigenvalue weighted by Gasteiger charge is -2.41. The minimum absolute atomic E-state index is 0.00726. The summed E-state index contributed by atoms with van der Waals surface area (Å²) in [6.45, 7) is 13.5. The van der Waals surface area contributed by atoms with Crippen LogP contribution in [0.15, 0.2) is 84.9 Å². The summed E-state index contributed by atoms with van der Waals surface area (Å²) in [5, 5.41) is 3.32. The molecule has 0 spiro atoms. The zero-order valence-corrected chi connectivity index (χ0v) is 31.7. The van der Waals surface area contributed by atoms with Crippen LogP contribution in [0, 0.1) is 17.8 Å². The number of ether oxygens (including phenoxy) is 1. The summed E-state index contributed by atoms with van der Waals surface area (Å²) in [4.78, 5) is 34.5. The van der Waals surface area contributed by atoms with Gasteiger partial charge >= 0.3 is 0 Å². The molecule has 4 aliphatic rings. The molecule has 0 aromatic heterocycles. The summed E-state index contributed by atoms with van der Waals surface area (Å²) in [5.41, 5.74) is 5.30. The van der Waals surface area contributed by atoms with E-state index in [1.54, 1.807) is 0 Å². The average molecular weight is 703 g/mol. The number of nitrogens with one attached hydrogen (secondary N) is 1. The lowest BCUT2D eigenvalue weighted by atomic mass is 9.81. The Morgan fingerprint density at radius 2 is 1.67 bits per heavy atom. The van der Waals surface area contributed by atoms with Crippen LogP contribution in [0.4, 0.5) is 5.69 Å². The largest absolute Gasteiger partial charge is 0.478 e. The van der Waals surface area contributed by atoms with E-state index in [1.165, 1.54) is 35.1 Å². The summed E-state index contributed by atoms with van der Waals surface area (Å²) in [7, 11) is 0. The van der Waals surface area contributed by atoms with Crippen molar-refractivity contribution in [3.05, 3.63) is 102 Å². The van der Waals surface area contributed by atoms with Crippen LogP contribution in [0.25, 0.3) is 5.57 Å². The van der Waals surface area contributed by atoms with E-state index in [0.717, 1.165) is 62.8 Å². The van der Waals surface area contributed by atoms with Gasteiger partial charge in [0.25, 0.3) is 5.91 Å². The first-order chi connectivity index (χ1) is 25.1. The molecule has 3 unspecified atom stereocenters. The Labute approximate surface area is 311 Å². The third-order valence-corrected chi connectivity index (χ3v) is 11.9. The van der Waals surface area contributed by atoms with E-state index in [1.807, 2.05) is 36.9 Å². The van der Waals surface area contributed by atoms with Crippen molar-refractivity contribution in [1.29, 1.82) is 0 Å². The topological polar surface area (TPSA) is 65.1 Å². The van der Waals surface area contributed by atoms with Crippen LogP contribution in [0.1, 0.15) is 88.8 Å². The van der Waals surface area contributed by atoms with Crippen molar-refractivity contribution in [3.8, 4) is 5.75 Å². The highest BCUT2D eigenvalue weighted by molar-refractivity contribution is 5.85. The van der Waals surface area contributed by atoms with Gasteiger partial charge < -0.3 is 24.8 Å². The van der Waals surface area contributed by atoms with E-state index < -0.39 is 5.60 Å². The number of hydrogen-bond donors (Lipinski definition) is 1. The first-order valence-corrected chi connectivity index (χ1v) is 19.8. The molecule has 7 nitrogen and oxygen atoms in total. The lowest BCUT2D eigenvalue weighted by Crippen LogP contribution is -2.54. The van der Waals surface area contributed by atoms with Crippen molar-refractivity contribution in [2.24, 2.45) is 17.8 Å². The molecule has 3 atom stereocenters. The van der Waals surface area contributed by atoms with Gasteiger partial charge in [-0.05, 0) is 98.6 Å². The van der Waals surface area contributed by atoms with E-state index >= 15 is 0 Å². The highest BCUT2D eigenvalue weighted by atomic mass is 16.5. The highest BCUT2D eigenvalue weighted by Crippen LogP contribution is 2.39. The number of amides is 2. The zero-order chi connectivity index (χ0) is 36.2. The number of hydrogen-bond acceptors (Lipinski definition) is 5. The molecule has 2 aliphatic carbocycles. The monoisotopic (exact) mass is 702 g/mol. The number of carbonyl (C=O) groups is 2. The fraction of sp³-hybridized carbons (Fsp3) is 0.511. The standard InChI is InChI=1S/C45H58N4O3/c1-32(2)34-17-19-37(20-18-34)36-15-13-33(14-16-36)29-49(40-21-22-40)43(50)39-27-38(35-9-6-5-7-10-35)30-48(31-39)41-11-8-12-42(28-41)52-45(3,4)44(51)47-25-23-46-24-26-47/h5-16,19,28,32,34,38-40,46H,17-18,20-27,29-31H2,1-4H3. The molecule has 1 saturated carbocycles. The zero-order valence-electron chi connectivity index (χ0n) is 31.7. The number of allylic oxidation sites excluding steroid dienone is 2. The highest BCUT2D eigenvalue weighted by Gasteiger charge is 2.40. The van der Waals surface area contributed by atoms with E-state index in [2.05, 4.69) is 95.7 Å². The maximum atomic E-state index is 14.6. The van der Waals surface area contributed by atoms with Crippen LogP contribution < -0.4 is 15.0 Å². The van der Waals surface area contributed by atoms with Gasteiger partial charge in [-0.15, -0.1) is 0 Å². The van der Waals surface area contributed by atoms with E-state index in [-0.39, 0.29) is 23.7 Å². The van der Waals surface area contributed by atoms with Crippen LogP contribution in [0.5, 0.6) is 5.75 Å². The molecule has 2 aliphatic heterocycles. The Morgan fingerprint density at radius 1 is 0.923 bits per heavy atom. The smallest absolute Gasteiger partial charge is 0.266 e. The molecule has 0 bridgehead atoms. The second-order valence-corrected chi connectivity index (χ2v) is 16.5. The predicted octanol–water partition coefficient (Wildman–Crippen LogP) is 7.92. The molecule has 276 valence electrons. The first-order valence-electron chi connectivity index (χ1n) is 19.8. The van der Waals surface area contributed by atoms with Crippen LogP contribution in [-0.2, 0) is 16.1 Å². The third kappa shape index (κ3) is 8.57. The van der Waals surface area contributed by atoms with Crippen molar-refractivity contribution in [2.45, 2.75) is 90.3 Å². The quantitative estimate of drug-likeness (QED) is 0.220. The van der Waals surface area contributed by atoms with Crippen LogP contribution in [0.3, 0.4) is 0 Å². The summed E-state index contributed by atoms with van der Waals surface area (Å²) in [6, 6.07) is 28.1. The van der Waals surface area contributed by atoms with E-state index in [0.29, 0.717) is 38.0 Å². The van der Waals surface area contributed by atoms with Crippen LogP contribution in [0.2, 0.25) is 0 Å². The minimum Gasteiger partial charge on any atom is -0.478 e. The summed E-state index contributed by atoms with van der Waals surface area (Å²) >= 11 is 0. The van der Waals surface area contributed by atoms with Crippen molar-refractivity contribution < 1.29 is 14.3 Å². The second kappa shape index (κ2) is 15.9. The normalized spacial score (nSPS) is 22.6. The number of piperidine rings is 1. The van der Waals surface area contributed by atoms with Gasteiger partial charge in [0.15, 0.2) is 5.60 Å². The fourth-order valence-electron chi connectivity index (χ4n) is 8.54. The Hall–Kier alpha value is -4.10. The predicted molar refractivity (Wildman–Crippen MR) is 210 cm³/mol. The molecule has 52 heavy (non-hydrogen) atoms. The average Bonchev–Trinajstić information content (AvgIpc) is 4.03. The van der Waals surface area contributed by atoms with Gasteiger partial charge in [-0.3, -0.25) is 9.59 Å². The van der Waals surface area contributed by atoms with Gasteiger partial charge in [0.2, 0.25) is 5.91 Å². The second-order valence-electron chi connectivity index (χ2n) is 16.5. The number of piperazine rings is 1. The Balaban J connectivity index is 1.07. The Bertz CT molecular complexity index is 1710. The van der Waals surface area contributed by atoms with Crippen molar-refractivity contribution in [3.63, 3.8) is 0 Å². The van der Waals surface area contributed by atoms with E-state index in [4.69, 9.17) is 4.74 Å².